The fourth-order valence-electron chi connectivity index (χ4n) is 0. The van der Waals surface area contributed by atoms with E-state index in [1.807, 2.05) is 0 Å². The van der Waals surface area contributed by atoms with Gasteiger partial charge in [0.2, 0.25) is 0 Å². The molecule has 8 nitrogen and oxygen atoms in total. The predicted octanol–water partition coefficient (Wildman–Crippen LogP) is -2.24. The second-order valence-corrected chi connectivity index (χ2v) is 0.300. The molecule has 0 aromatic carbocycles. The molecular weight excluding hydrogens is 339 g/mol. The largest absolute Gasteiger partial charge is 0.400 e. The van der Waals surface area contributed by atoms with Gasteiger partial charge in [-0.15, -0.1) is 0 Å². The molecule has 0 unspecified atom stereocenters. The van der Waals surface area contributed by atoms with Gasteiger partial charge in [-0.25, -0.2) is 0 Å². The maximum atomic E-state index is 7.15. The minimum atomic E-state index is -0.917. The van der Waals surface area contributed by atoms with Crippen molar-refractivity contribution in [2.45, 2.75) is 7.43 Å². The van der Waals surface area contributed by atoms with Crippen LogP contribution in [0.1, 0.15) is 7.43 Å². The van der Waals surface area contributed by atoms with Crippen LogP contribution in [-0.2, 0) is 43.4 Å². The Hall–Kier alpha value is 1.54. The van der Waals surface area contributed by atoms with Gasteiger partial charge in [-0.1, -0.05) is 7.43 Å². The molecule has 0 rings (SSSR count). The first-order valence-electron chi connectivity index (χ1n) is 3.13. The third-order valence-corrected chi connectivity index (χ3v) is 0. The second-order valence-electron chi connectivity index (χ2n) is 0.100. The van der Waals surface area contributed by atoms with Gasteiger partial charge in [-0.3, -0.25) is 0 Å². The van der Waals surface area contributed by atoms with Crippen LogP contribution in [0, 0.1) is 0 Å². The summed E-state index contributed by atoms with van der Waals surface area (Å²) in [7, 11) is 5.08. The molecule has 0 spiro atoms. The summed E-state index contributed by atoms with van der Waals surface area (Å²) < 4.78 is 0. The Balaban J connectivity index is -0.00000000508. The minimum absolute atomic E-state index is 0. The minimum Gasteiger partial charge on any atom is -0.400 e. The van der Waals surface area contributed by atoms with E-state index >= 15 is 0 Å². The number of hydrogen-bond donors (Lipinski definition) is 8. The number of rotatable bonds is 0. The summed E-state index contributed by atoms with van der Waals surface area (Å²) in [4.78, 5) is 14.3. The van der Waals surface area contributed by atoms with E-state index in [2.05, 4.69) is 0 Å². The Bertz CT molecular complexity index is 29.4. The van der Waals surface area contributed by atoms with E-state index < -0.39 is 9.03 Å². The van der Waals surface area contributed by atoms with E-state index in [-0.39, 0.29) is 50.9 Å². The van der Waals surface area contributed by atoms with E-state index in [9.17, 15) is 0 Å². The zero-order chi connectivity index (χ0) is 14.7. The van der Waals surface area contributed by atoms with Crippen LogP contribution in [0.4, 0.5) is 0 Å². The molecular formula is C7H31O8PTi2. The summed E-state index contributed by atoms with van der Waals surface area (Å²) in [5, 5.41) is 42.0. The van der Waals surface area contributed by atoms with Crippen LogP contribution < -0.4 is 0 Å². The Labute approximate surface area is 142 Å². The Morgan fingerprint density at radius 2 is 0.444 bits per heavy atom. The van der Waals surface area contributed by atoms with Crippen molar-refractivity contribution >= 4 is 9.03 Å². The van der Waals surface area contributed by atoms with Crippen molar-refractivity contribution in [1.29, 1.82) is 0 Å². The van der Waals surface area contributed by atoms with Gasteiger partial charge in [-0.2, -0.15) is 0 Å². The quantitative estimate of drug-likeness (QED) is 0.175. The Morgan fingerprint density at radius 3 is 0.444 bits per heavy atom. The van der Waals surface area contributed by atoms with Crippen molar-refractivity contribution in [1.82, 2.24) is 0 Å². The summed E-state index contributed by atoms with van der Waals surface area (Å²) in [6.07, 6.45) is 0. The predicted molar refractivity (Wildman–Crippen MR) is 68.3 cm³/mol. The topological polar surface area (TPSA) is 162 Å². The molecule has 8 N–H and O–H groups in total. The van der Waals surface area contributed by atoms with E-state index in [4.69, 9.17) is 40.4 Å². The van der Waals surface area contributed by atoms with Crippen molar-refractivity contribution in [3.8, 4) is 0 Å². The molecule has 0 bridgehead atoms. The second kappa shape index (κ2) is 885. The molecule has 11 heteroatoms. The third kappa shape index (κ3) is 2030. The van der Waals surface area contributed by atoms with Gasteiger partial charge < -0.3 is 40.4 Å². The van der Waals surface area contributed by atoms with Crippen molar-refractivity contribution in [2.75, 3.05) is 42.7 Å². The van der Waals surface area contributed by atoms with Crippen LogP contribution in [-0.4, -0.2) is 83.1 Å². The fraction of sp³-hybridized carbons (Fsp3) is 1.00. The molecule has 0 heterocycles. The normalized spacial score (nSPS) is 3.00. The molecule has 0 atom stereocenters. The van der Waals surface area contributed by atoms with E-state index in [1.165, 1.54) is 0 Å². The Kier molecular flexibility index (Phi) is 3630. The smallest absolute Gasteiger partial charge is 0.149 e. The summed E-state index contributed by atoms with van der Waals surface area (Å²) >= 11 is 0. The van der Waals surface area contributed by atoms with Gasteiger partial charge in [0, 0.05) is 86.1 Å². The van der Waals surface area contributed by atoms with Gasteiger partial charge in [0.05, 0.1) is 0 Å². The molecule has 120 valence electrons. The zero-order valence-electron chi connectivity index (χ0n) is 11.1. The summed E-state index contributed by atoms with van der Waals surface area (Å²) in [6.45, 7) is 0. The molecule has 0 amide bonds. The third-order valence-electron chi connectivity index (χ3n) is 0. The monoisotopic (exact) mass is 370 g/mol. The van der Waals surface area contributed by atoms with Gasteiger partial charge in [-0.05, 0) is 0 Å². The van der Waals surface area contributed by atoms with Gasteiger partial charge in [0.15, 0.2) is 0 Å². The molecule has 0 saturated heterocycles. The van der Waals surface area contributed by atoms with Crippen molar-refractivity contribution in [3.63, 3.8) is 0 Å². The standard InChI is InChI=1S/6CH4O.CH4.H3O2P.2Ti/c6*1-2;;1-3-2;;/h6*2H,1H3;1H4;1-3H;;. The number of aliphatic hydroxyl groups excluding tert-OH is 6. The van der Waals surface area contributed by atoms with E-state index in [0.29, 0.717) is 0 Å². The average Bonchev–Trinajstić information content (AvgIpc) is 2.44. The number of hydrogen-bond acceptors (Lipinski definition) is 8. The zero-order valence-corrected chi connectivity index (χ0v) is 15.2. The maximum absolute atomic E-state index is 7.15. The van der Waals surface area contributed by atoms with Crippen molar-refractivity contribution in [3.05, 3.63) is 0 Å². The first-order valence-corrected chi connectivity index (χ1v) is 4.02. The molecule has 0 radical (unpaired) electrons. The molecule has 0 fully saturated rings. The van der Waals surface area contributed by atoms with Crippen LogP contribution in [0.3, 0.4) is 0 Å². The van der Waals surface area contributed by atoms with E-state index in [0.717, 1.165) is 42.7 Å². The van der Waals surface area contributed by atoms with Gasteiger partial charge in [0.25, 0.3) is 0 Å². The molecule has 0 aromatic heterocycles. The first kappa shape index (κ1) is 73.8. The van der Waals surface area contributed by atoms with Crippen LogP contribution >= 0.6 is 9.03 Å². The Morgan fingerprint density at radius 1 is 0.444 bits per heavy atom. The summed E-state index contributed by atoms with van der Waals surface area (Å²) in [6, 6.07) is 0. The van der Waals surface area contributed by atoms with Gasteiger partial charge >= 0.3 is 0 Å². The van der Waals surface area contributed by atoms with E-state index in [1.54, 1.807) is 0 Å². The summed E-state index contributed by atoms with van der Waals surface area (Å²) in [5.74, 6) is 0. The van der Waals surface area contributed by atoms with Gasteiger partial charge in [0.1, 0.15) is 9.03 Å². The first-order chi connectivity index (χ1) is 7.41. The fourth-order valence-corrected chi connectivity index (χ4v) is 0. The van der Waals surface area contributed by atoms with Crippen molar-refractivity contribution < 1.29 is 83.9 Å². The molecule has 0 aliphatic heterocycles. The SMILES string of the molecule is C.CO.CO.CO.CO.CO.CO.OPO.[Ti].[Ti]. The maximum Gasteiger partial charge on any atom is 0.149 e. The number of aliphatic hydroxyl groups is 6. The van der Waals surface area contributed by atoms with Crippen LogP contribution in [0.15, 0.2) is 0 Å². The van der Waals surface area contributed by atoms with Crippen molar-refractivity contribution in [2.24, 2.45) is 0 Å². The molecule has 0 aliphatic carbocycles. The average molecular weight is 370 g/mol. The molecule has 18 heavy (non-hydrogen) atoms. The molecule has 0 aliphatic rings. The summed E-state index contributed by atoms with van der Waals surface area (Å²) in [5.41, 5.74) is 0. The van der Waals surface area contributed by atoms with Crippen LogP contribution in [0.25, 0.3) is 0 Å². The molecule has 0 saturated carbocycles. The van der Waals surface area contributed by atoms with Crippen LogP contribution in [0.2, 0.25) is 0 Å². The van der Waals surface area contributed by atoms with Crippen LogP contribution in [0.5, 0.6) is 0 Å². The molecule has 0 aromatic rings.